The Balaban J connectivity index is 2.63. The largest absolute Gasteiger partial charge is 0.508 e. The average Bonchev–Trinajstić information content (AvgIpc) is 2.50. The highest BCUT2D eigenvalue weighted by Gasteiger charge is 2.38. The lowest BCUT2D eigenvalue weighted by molar-refractivity contribution is 0.269. The van der Waals surface area contributed by atoms with E-state index in [9.17, 15) is 9.67 Å². The van der Waals surface area contributed by atoms with Crippen molar-refractivity contribution in [1.82, 2.24) is 0 Å². The average molecular weight is 292 g/mol. The van der Waals surface area contributed by atoms with Gasteiger partial charge in [0.25, 0.3) is 0 Å². The van der Waals surface area contributed by atoms with E-state index in [0.717, 1.165) is 5.56 Å². The van der Waals surface area contributed by atoms with Crippen LogP contribution in [0.3, 0.4) is 0 Å². The van der Waals surface area contributed by atoms with E-state index in [-0.39, 0.29) is 5.75 Å². The van der Waals surface area contributed by atoms with Gasteiger partial charge in [-0.05, 0) is 11.6 Å². The summed E-state index contributed by atoms with van der Waals surface area (Å²) in [5.41, 5.74) is 0.617. The number of hydrogen-bond donors (Lipinski definition) is 1. The summed E-state index contributed by atoms with van der Waals surface area (Å²) in [4.78, 5) is 0. The smallest absolute Gasteiger partial charge is 0.342 e. The molecule has 2 aromatic rings. The van der Waals surface area contributed by atoms with Crippen molar-refractivity contribution in [3.05, 3.63) is 65.7 Å². The molecule has 0 aromatic heterocycles. The maximum atomic E-state index is 12.8. The van der Waals surface area contributed by atoms with Crippen molar-refractivity contribution >= 4 is 7.60 Å². The molecule has 1 N–H and O–H groups in total. The van der Waals surface area contributed by atoms with Gasteiger partial charge >= 0.3 is 7.60 Å². The highest BCUT2D eigenvalue weighted by Crippen LogP contribution is 2.63. The summed E-state index contributed by atoms with van der Waals surface area (Å²) < 4.78 is 23.1. The minimum absolute atomic E-state index is 0.0654. The topological polar surface area (TPSA) is 55.8 Å². The zero-order valence-electron chi connectivity index (χ0n) is 11.4. The third-order valence-electron chi connectivity index (χ3n) is 3.17. The van der Waals surface area contributed by atoms with Gasteiger partial charge in [0.1, 0.15) is 11.4 Å². The van der Waals surface area contributed by atoms with Gasteiger partial charge in [0.15, 0.2) is 0 Å². The van der Waals surface area contributed by atoms with Crippen LogP contribution in [0.2, 0.25) is 0 Å². The van der Waals surface area contributed by atoms with Crippen LogP contribution in [-0.4, -0.2) is 19.3 Å². The Hall–Kier alpha value is -1.61. The number of phenols is 1. The summed E-state index contributed by atoms with van der Waals surface area (Å²) in [6.45, 7) is 0. The predicted octanol–water partition coefficient (Wildman–Crippen LogP) is 3.97. The molecule has 0 amide bonds. The summed E-state index contributed by atoms with van der Waals surface area (Å²) in [5, 5.41) is 10.1. The lowest BCUT2D eigenvalue weighted by Gasteiger charge is -2.25. The van der Waals surface area contributed by atoms with Crippen LogP contribution in [0, 0.1) is 0 Å². The quantitative estimate of drug-likeness (QED) is 0.847. The van der Waals surface area contributed by atoms with Crippen molar-refractivity contribution in [2.75, 3.05) is 14.2 Å². The van der Waals surface area contributed by atoms with Gasteiger partial charge in [0, 0.05) is 19.8 Å². The fourth-order valence-corrected chi connectivity index (χ4v) is 3.84. The number of benzene rings is 2. The fraction of sp³-hybridized carbons (Fsp3) is 0.200. The van der Waals surface area contributed by atoms with E-state index in [0.29, 0.717) is 5.56 Å². The van der Waals surface area contributed by atoms with E-state index in [4.69, 9.17) is 9.05 Å². The molecule has 0 heterocycles. The third kappa shape index (κ3) is 2.78. The Labute approximate surface area is 118 Å². The van der Waals surface area contributed by atoms with E-state index in [1.54, 1.807) is 24.3 Å². The monoisotopic (exact) mass is 292 g/mol. The zero-order chi connectivity index (χ0) is 14.6. The van der Waals surface area contributed by atoms with Crippen molar-refractivity contribution in [3.8, 4) is 5.75 Å². The van der Waals surface area contributed by atoms with Gasteiger partial charge in [-0.15, -0.1) is 0 Å². The Morgan fingerprint density at radius 2 is 1.50 bits per heavy atom. The summed E-state index contributed by atoms with van der Waals surface area (Å²) in [7, 11) is -0.727. The van der Waals surface area contributed by atoms with Gasteiger partial charge in [-0.1, -0.05) is 48.5 Å². The van der Waals surface area contributed by atoms with E-state index >= 15 is 0 Å². The standard InChI is InChI=1S/C15H17O4P/c1-18-20(17,19-2)15(12-8-4-3-5-9-12)13-10-6-7-11-14(13)16/h3-11,15-16H,1-2H3. The highest BCUT2D eigenvalue weighted by molar-refractivity contribution is 7.54. The minimum Gasteiger partial charge on any atom is -0.508 e. The Morgan fingerprint density at radius 3 is 2.05 bits per heavy atom. The van der Waals surface area contributed by atoms with Crippen LogP contribution in [-0.2, 0) is 13.6 Å². The first kappa shape index (κ1) is 14.8. The molecule has 5 heteroatoms. The maximum Gasteiger partial charge on any atom is 0.342 e. The molecule has 0 aliphatic rings. The van der Waals surface area contributed by atoms with Crippen molar-refractivity contribution in [2.45, 2.75) is 5.66 Å². The molecule has 1 unspecified atom stereocenters. The number of rotatable bonds is 5. The van der Waals surface area contributed by atoms with Crippen molar-refractivity contribution in [2.24, 2.45) is 0 Å². The van der Waals surface area contributed by atoms with Crippen LogP contribution >= 0.6 is 7.60 Å². The molecule has 0 aliphatic heterocycles. The van der Waals surface area contributed by atoms with E-state index < -0.39 is 13.3 Å². The van der Waals surface area contributed by atoms with Gasteiger partial charge in [-0.3, -0.25) is 4.57 Å². The number of phenolic OH excluding ortho intramolecular Hbond substituents is 1. The van der Waals surface area contributed by atoms with Crippen LogP contribution in [0.5, 0.6) is 5.75 Å². The second kappa shape index (κ2) is 6.23. The van der Waals surface area contributed by atoms with E-state index in [1.165, 1.54) is 14.2 Å². The summed E-state index contributed by atoms with van der Waals surface area (Å²) in [6.07, 6.45) is 0. The first-order chi connectivity index (χ1) is 9.62. The lowest BCUT2D eigenvalue weighted by Crippen LogP contribution is -2.06. The number of aromatic hydroxyl groups is 1. The molecule has 0 fully saturated rings. The first-order valence-corrected chi connectivity index (χ1v) is 7.77. The number of hydrogen-bond acceptors (Lipinski definition) is 4. The van der Waals surface area contributed by atoms with Gasteiger partial charge < -0.3 is 14.2 Å². The molecule has 4 nitrogen and oxygen atoms in total. The van der Waals surface area contributed by atoms with Crippen molar-refractivity contribution in [3.63, 3.8) is 0 Å². The Kier molecular flexibility index (Phi) is 4.61. The number of para-hydroxylation sites is 1. The minimum atomic E-state index is -3.42. The molecule has 2 rings (SSSR count). The van der Waals surface area contributed by atoms with Crippen molar-refractivity contribution < 1.29 is 18.7 Å². The normalized spacial score (nSPS) is 13.1. The molecule has 0 radical (unpaired) electrons. The summed E-state index contributed by atoms with van der Waals surface area (Å²) >= 11 is 0. The molecule has 0 spiro atoms. The first-order valence-electron chi connectivity index (χ1n) is 6.16. The molecule has 0 saturated heterocycles. The third-order valence-corrected chi connectivity index (χ3v) is 5.40. The Bertz CT molecular complexity index is 604. The molecule has 1 atom stereocenters. The van der Waals surface area contributed by atoms with Gasteiger partial charge in [0.05, 0.1) is 0 Å². The van der Waals surface area contributed by atoms with Crippen LogP contribution in [0.25, 0.3) is 0 Å². The molecule has 20 heavy (non-hydrogen) atoms. The van der Waals surface area contributed by atoms with Crippen LogP contribution in [0.4, 0.5) is 0 Å². The summed E-state index contributed by atoms with van der Waals surface area (Å²) in [5.74, 6) is 0.0654. The van der Waals surface area contributed by atoms with Crippen LogP contribution < -0.4 is 0 Å². The molecular formula is C15H17O4P. The molecular weight excluding hydrogens is 275 g/mol. The fourth-order valence-electron chi connectivity index (χ4n) is 2.17. The van der Waals surface area contributed by atoms with Gasteiger partial charge in [-0.2, -0.15) is 0 Å². The highest BCUT2D eigenvalue weighted by atomic mass is 31.2. The molecule has 0 saturated carbocycles. The molecule has 106 valence electrons. The molecule has 0 aliphatic carbocycles. The van der Waals surface area contributed by atoms with Crippen molar-refractivity contribution in [1.29, 1.82) is 0 Å². The van der Waals surface area contributed by atoms with Gasteiger partial charge in [0.2, 0.25) is 0 Å². The summed E-state index contributed by atoms with van der Waals surface area (Å²) in [6, 6.07) is 16.0. The molecule has 2 aromatic carbocycles. The SMILES string of the molecule is COP(=O)(OC)C(c1ccccc1)c1ccccc1O. The second-order valence-electron chi connectivity index (χ2n) is 4.28. The van der Waals surface area contributed by atoms with Gasteiger partial charge in [-0.25, -0.2) is 0 Å². The molecule has 0 bridgehead atoms. The van der Waals surface area contributed by atoms with E-state index in [2.05, 4.69) is 0 Å². The Morgan fingerprint density at radius 1 is 0.950 bits per heavy atom. The zero-order valence-corrected chi connectivity index (χ0v) is 12.3. The second-order valence-corrected chi connectivity index (χ2v) is 6.60. The maximum absolute atomic E-state index is 12.8. The predicted molar refractivity (Wildman–Crippen MR) is 78.0 cm³/mol. The lowest BCUT2D eigenvalue weighted by atomic mass is 10.0. The van der Waals surface area contributed by atoms with E-state index in [1.807, 2.05) is 30.3 Å². The van der Waals surface area contributed by atoms with Crippen LogP contribution in [0.1, 0.15) is 16.8 Å². The van der Waals surface area contributed by atoms with Crippen LogP contribution in [0.15, 0.2) is 54.6 Å².